The minimum atomic E-state index is -0.243. The Morgan fingerprint density at radius 3 is 2.95 bits per heavy atom. The lowest BCUT2D eigenvalue weighted by Crippen LogP contribution is -2.24. The van der Waals surface area contributed by atoms with Crippen LogP contribution in [0.3, 0.4) is 0 Å². The quantitative estimate of drug-likeness (QED) is 0.815. The summed E-state index contributed by atoms with van der Waals surface area (Å²) in [5, 5.41) is 0.888. The Balaban J connectivity index is 1.52. The van der Waals surface area contributed by atoms with Crippen molar-refractivity contribution in [3.63, 3.8) is 0 Å². The molecule has 5 heteroatoms. The molecule has 1 aliphatic rings. The molecular formula is C16H18N2O2S. The second kappa shape index (κ2) is 6.37. The van der Waals surface area contributed by atoms with Gasteiger partial charge in [-0.25, -0.2) is 9.78 Å². The Kier molecular flexibility index (Phi) is 4.31. The molecule has 3 rings (SSSR count). The van der Waals surface area contributed by atoms with Gasteiger partial charge in [-0.3, -0.25) is 4.90 Å². The van der Waals surface area contributed by atoms with Crippen LogP contribution in [-0.4, -0.2) is 35.0 Å². The second-order valence-corrected chi connectivity index (χ2v) is 6.52. The van der Waals surface area contributed by atoms with Crippen LogP contribution in [0.4, 0.5) is 0 Å². The molecule has 0 amide bonds. The van der Waals surface area contributed by atoms with Gasteiger partial charge < -0.3 is 4.74 Å². The van der Waals surface area contributed by atoms with Crippen molar-refractivity contribution in [1.82, 2.24) is 9.88 Å². The van der Waals surface area contributed by atoms with E-state index in [-0.39, 0.29) is 12.1 Å². The van der Waals surface area contributed by atoms with Crippen molar-refractivity contribution in [1.29, 1.82) is 0 Å². The average Bonchev–Trinajstić information content (AvgIpc) is 3.09. The summed E-state index contributed by atoms with van der Waals surface area (Å²) < 4.78 is 5.57. The highest BCUT2D eigenvalue weighted by atomic mass is 32.1. The molecule has 2 heterocycles. The first kappa shape index (κ1) is 14.2. The number of hydrogen-bond donors (Lipinski definition) is 0. The highest BCUT2D eigenvalue weighted by Crippen LogP contribution is 2.19. The third kappa shape index (κ3) is 3.68. The van der Waals surface area contributed by atoms with Crippen molar-refractivity contribution in [3.8, 4) is 0 Å². The number of carbonyl (C=O) groups excluding carboxylic acids is 1. The molecule has 1 aliphatic heterocycles. The third-order valence-corrected chi connectivity index (χ3v) is 4.47. The summed E-state index contributed by atoms with van der Waals surface area (Å²) in [6.07, 6.45) is 2.48. The van der Waals surface area contributed by atoms with E-state index in [9.17, 15) is 4.79 Å². The molecule has 1 saturated heterocycles. The molecule has 1 aromatic carbocycles. The van der Waals surface area contributed by atoms with Crippen LogP contribution in [0.1, 0.15) is 26.7 Å². The number of rotatable bonds is 4. The third-order valence-electron chi connectivity index (χ3n) is 3.57. The van der Waals surface area contributed by atoms with Gasteiger partial charge in [-0.1, -0.05) is 30.3 Å². The summed E-state index contributed by atoms with van der Waals surface area (Å²) in [5.41, 5.74) is 1.29. The van der Waals surface area contributed by atoms with Gasteiger partial charge in [-0.05, 0) is 18.9 Å². The van der Waals surface area contributed by atoms with E-state index in [1.54, 1.807) is 6.20 Å². The molecule has 21 heavy (non-hydrogen) atoms. The number of thiazole rings is 1. The molecule has 110 valence electrons. The van der Waals surface area contributed by atoms with Gasteiger partial charge in [0.05, 0.1) is 11.2 Å². The predicted octanol–water partition coefficient (Wildman–Crippen LogP) is 2.88. The number of aryl methyl sites for hydroxylation is 1. The first-order chi connectivity index (χ1) is 10.2. The van der Waals surface area contributed by atoms with Crippen molar-refractivity contribution < 1.29 is 9.53 Å². The number of carbonyl (C=O) groups is 1. The standard InChI is InChI=1S/C16H18N2O2S/c1-12-17-9-15(21-12)16(19)20-14-7-8-18(11-14)10-13-5-3-2-4-6-13/h2-6,9,14H,7-8,10-11H2,1H3/t14-/m1/s1. The van der Waals surface area contributed by atoms with E-state index in [0.717, 1.165) is 31.1 Å². The monoisotopic (exact) mass is 302 g/mol. The first-order valence-electron chi connectivity index (χ1n) is 7.10. The Bertz CT molecular complexity index is 612. The summed E-state index contributed by atoms with van der Waals surface area (Å²) in [5.74, 6) is -0.243. The van der Waals surface area contributed by atoms with Crippen LogP contribution in [0.2, 0.25) is 0 Å². The van der Waals surface area contributed by atoms with Crippen molar-refractivity contribution in [2.24, 2.45) is 0 Å². The lowest BCUT2D eigenvalue weighted by atomic mass is 10.2. The van der Waals surface area contributed by atoms with Crippen molar-refractivity contribution in [3.05, 3.63) is 52.0 Å². The van der Waals surface area contributed by atoms with Crippen LogP contribution in [0.5, 0.6) is 0 Å². The lowest BCUT2D eigenvalue weighted by molar-refractivity contribution is 0.0326. The van der Waals surface area contributed by atoms with E-state index in [2.05, 4.69) is 34.1 Å². The Morgan fingerprint density at radius 2 is 2.24 bits per heavy atom. The van der Waals surface area contributed by atoms with Crippen molar-refractivity contribution in [2.75, 3.05) is 13.1 Å². The van der Waals surface area contributed by atoms with Crippen LogP contribution < -0.4 is 0 Å². The fourth-order valence-electron chi connectivity index (χ4n) is 2.54. The van der Waals surface area contributed by atoms with Crippen molar-refractivity contribution in [2.45, 2.75) is 26.0 Å². The van der Waals surface area contributed by atoms with E-state index < -0.39 is 0 Å². The molecule has 0 bridgehead atoms. The summed E-state index contributed by atoms with van der Waals surface area (Å²) in [6, 6.07) is 10.4. The van der Waals surface area contributed by atoms with Gasteiger partial charge in [0.1, 0.15) is 11.0 Å². The smallest absolute Gasteiger partial charge is 0.350 e. The predicted molar refractivity (Wildman–Crippen MR) is 82.4 cm³/mol. The average molecular weight is 302 g/mol. The van der Waals surface area contributed by atoms with E-state index in [0.29, 0.717) is 4.88 Å². The Labute approximate surface area is 128 Å². The van der Waals surface area contributed by atoms with Crippen LogP contribution >= 0.6 is 11.3 Å². The zero-order valence-electron chi connectivity index (χ0n) is 12.0. The Morgan fingerprint density at radius 1 is 1.43 bits per heavy atom. The fourth-order valence-corrected chi connectivity index (χ4v) is 3.20. The number of esters is 1. The highest BCUT2D eigenvalue weighted by molar-refractivity contribution is 7.13. The molecule has 0 saturated carbocycles. The minimum absolute atomic E-state index is 0.0105. The SMILES string of the molecule is Cc1ncc(C(=O)O[C@@H]2CCN(Cc3ccccc3)C2)s1. The lowest BCUT2D eigenvalue weighted by Gasteiger charge is -2.16. The number of nitrogens with zero attached hydrogens (tertiary/aromatic N) is 2. The maximum atomic E-state index is 12.0. The highest BCUT2D eigenvalue weighted by Gasteiger charge is 2.26. The number of hydrogen-bond acceptors (Lipinski definition) is 5. The van der Waals surface area contributed by atoms with Crippen LogP contribution in [0.25, 0.3) is 0 Å². The van der Waals surface area contributed by atoms with E-state index in [1.807, 2.05) is 13.0 Å². The van der Waals surface area contributed by atoms with E-state index in [4.69, 9.17) is 4.74 Å². The summed E-state index contributed by atoms with van der Waals surface area (Å²) >= 11 is 1.38. The van der Waals surface area contributed by atoms with Gasteiger partial charge in [-0.15, -0.1) is 11.3 Å². The second-order valence-electron chi connectivity index (χ2n) is 5.28. The van der Waals surface area contributed by atoms with Gasteiger partial charge in [-0.2, -0.15) is 0 Å². The van der Waals surface area contributed by atoms with Gasteiger partial charge in [0.25, 0.3) is 0 Å². The summed E-state index contributed by atoms with van der Waals surface area (Å²) in [7, 11) is 0. The van der Waals surface area contributed by atoms with Gasteiger partial charge in [0, 0.05) is 19.6 Å². The van der Waals surface area contributed by atoms with Crippen LogP contribution in [-0.2, 0) is 11.3 Å². The van der Waals surface area contributed by atoms with Crippen molar-refractivity contribution >= 4 is 17.3 Å². The zero-order valence-corrected chi connectivity index (χ0v) is 12.8. The Hall–Kier alpha value is -1.72. The molecule has 0 unspecified atom stereocenters. The zero-order chi connectivity index (χ0) is 14.7. The number of ether oxygens (including phenoxy) is 1. The summed E-state index contributed by atoms with van der Waals surface area (Å²) in [4.78, 5) is 19.0. The van der Waals surface area contributed by atoms with E-state index >= 15 is 0 Å². The molecule has 0 N–H and O–H groups in total. The first-order valence-corrected chi connectivity index (χ1v) is 7.92. The molecule has 0 spiro atoms. The summed E-state index contributed by atoms with van der Waals surface area (Å²) in [6.45, 7) is 4.57. The normalized spacial score (nSPS) is 18.8. The molecule has 1 atom stereocenters. The molecule has 1 fully saturated rings. The minimum Gasteiger partial charge on any atom is -0.457 e. The van der Waals surface area contributed by atoms with Crippen LogP contribution in [0, 0.1) is 6.92 Å². The maximum Gasteiger partial charge on any atom is 0.350 e. The maximum absolute atomic E-state index is 12.0. The largest absolute Gasteiger partial charge is 0.457 e. The van der Waals surface area contributed by atoms with Gasteiger partial charge >= 0.3 is 5.97 Å². The number of likely N-dealkylation sites (tertiary alicyclic amines) is 1. The molecule has 0 aliphatic carbocycles. The molecule has 1 aromatic heterocycles. The van der Waals surface area contributed by atoms with E-state index in [1.165, 1.54) is 16.9 Å². The molecule has 4 nitrogen and oxygen atoms in total. The topological polar surface area (TPSA) is 42.4 Å². The number of benzene rings is 1. The fraction of sp³-hybridized carbons (Fsp3) is 0.375. The van der Waals surface area contributed by atoms with Crippen LogP contribution in [0.15, 0.2) is 36.5 Å². The van der Waals surface area contributed by atoms with Gasteiger partial charge in [0.2, 0.25) is 0 Å². The molecule has 0 radical (unpaired) electrons. The van der Waals surface area contributed by atoms with Gasteiger partial charge in [0.15, 0.2) is 0 Å². The molecular weight excluding hydrogens is 284 g/mol. The molecule has 2 aromatic rings. The number of aromatic nitrogens is 1.